The minimum atomic E-state index is -0.536. The number of piperidine rings is 1. The van der Waals surface area contributed by atoms with Crippen molar-refractivity contribution in [3.8, 4) is 17.3 Å². The number of aromatic nitrogens is 2. The number of hydrogen-bond donors (Lipinski definition) is 2. The van der Waals surface area contributed by atoms with Crippen molar-refractivity contribution in [2.24, 2.45) is 0 Å². The zero-order valence-corrected chi connectivity index (χ0v) is 19.0. The number of anilines is 1. The van der Waals surface area contributed by atoms with E-state index in [2.05, 4.69) is 26.3 Å². The van der Waals surface area contributed by atoms with Crippen molar-refractivity contribution in [1.82, 2.24) is 15.3 Å². The molecule has 0 bridgehead atoms. The van der Waals surface area contributed by atoms with E-state index in [0.29, 0.717) is 34.4 Å². The van der Waals surface area contributed by atoms with Gasteiger partial charge in [0.05, 0.1) is 22.7 Å². The molecule has 33 heavy (non-hydrogen) atoms. The molecule has 0 unspecified atom stereocenters. The van der Waals surface area contributed by atoms with Gasteiger partial charge in [-0.2, -0.15) is 5.26 Å². The Labute approximate surface area is 192 Å². The SMILES string of the molecule is CC(C)(C)OC(=O)N[C@H]1CCCN(c2ccc3[nH]c(=O)c(-c4ccc(C#N)cc4)nc3c2)C1. The van der Waals surface area contributed by atoms with Gasteiger partial charge < -0.3 is 19.9 Å². The third kappa shape index (κ3) is 5.32. The number of nitrogens with one attached hydrogen (secondary N) is 2. The van der Waals surface area contributed by atoms with Gasteiger partial charge in [-0.1, -0.05) is 12.1 Å². The number of hydrogen-bond acceptors (Lipinski definition) is 6. The highest BCUT2D eigenvalue weighted by atomic mass is 16.6. The van der Waals surface area contributed by atoms with Crippen molar-refractivity contribution in [3.05, 3.63) is 58.4 Å². The van der Waals surface area contributed by atoms with Gasteiger partial charge in [-0.05, 0) is 63.9 Å². The number of rotatable bonds is 3. The van der Waals surface area contributed by atoms with E-state index in [-0.39, 0.29) is 11.6 Å². The highest BCUT2D eigenvalue weighted by molar-refractivity contribution is 5.81. The van der Waals surface area contributed by atoms with Gasteiger partial charge in [-0.25, -0.2) is 9.78 Å². The molecule has 1 saturated heterocycles. The first-order valence-corrected chi connectivity index (χ1v) is 11.0. The van der Waals surface area contributed by atoms with Crippen molar-refractivity contribution in [3.63, 3.8) is 0 Å². The third-order valence-electron chi connectivity index (χ3n) is 5.47. The van der Waals surface area contributed by atoms with Crippen LogP contribution in [0.3, 0.4) is 0 Å². The fourth-order valence-corrected chi connectivity index (χ4v) is 3.97. The van der Waals surface area contributed by atoms with Gasteiger partial charge in [0.15, 0.2) is 0 Å². The molecule has 8 heteroatoms. The number of benzene rings is 2. The average Bonchev–Trinajstić information content (AvgIpc) is 2.77. The van der Waals surface area contributed by atoms with Crippen molar-refractivity contribution < 1.29 is 9.53 Å². The molecule has 1 aliphatic heterocycles. The van der Waals surface area contributed by atoms with Gasteiger partial charge in [-0.15, -0.1) is 0 Å². The lowest BCUT2D eigenvalue weighted by atomic mass is 10.0. The Morgan fingerprint density at radius 2 is 2.00 bits per heavy atom. The monoisotopic (exact) mass is 445 g/mol. The van der Waals surface area contributed by atoms with E-state index in [0.717, 1.165) is 25.1 Å². The summed E-state index contributed by atoms with van der Waals surface area (Å²) in [5, 5.41) is 12.0. The summed E-state index contributed by atoms with van der Waals surface area (Å²) in [6.07, 6.45) is 1.42. The molecule has 1 fully saturated rings. The fraction of sp³-hybridized carbons (Fsp3) is 0.360. The Morgan fingerprint density at radius 1 is 1.24 bits per heavy atom. The van der Waals surface area contributed by atoms with E-state index in [1.807, 2.05) is 39.0 Å². The largest absolute Gasteiger partial charge is 0.444 e. The van der Waals surface area contributed by atoms with Gasteiger partial charge >= 0.3 is 6.09 Å². The van der Waals surface area contributed by atoms with Crippen LogP contribution in [0.25, 0.3) is 22.3 Å². The van der Waals surface area contributed by atoms with E-state index >= 15 is 0 Å². The molecule has 1 aliphatic rings. The Kier molecular flexibility index (Phi) is 6.05. The van der Waals surface area contributed by atoms with E-state index in [4.69, 9.17) is 10.00 Å². The van der Waals surface area contributed by atoms with E-state index < -0.39 is 11.7 Å². The molecule has 2 N–H and O–H groups in total. The first-order chi connectivity index (χ1) is 15.7. The number of carbonyl (C=O) groups is 1. The smallest absolute Gasteiger partial charge is 0.407 e. The van der Waals surface area contributed by atoms with Crippen molar-refractivity contribution in [1.29, 1.82) is 5.26 Å². The molecule has 3 aromatic rings. The predicted octanol–water partition coefficient (Wildman–Crippen LogP) is 3.96. The minimum absolute atomic E-state index is 0.0120. The topological polar surface area (TPSA) is 111 Å². The highest BCUT2D eigenvalue weighted by Crippen LogP contribution is 2.24. The molecule has 1 amide bonds. The Balaban J connectivity index is 1.56. The molecule has 2 heterocycles. The molecule has 4 rings (SSSR count). The van der Waals surface area contributed by atoms with Crippen LogP contribution in [0, 0.1) is 11.3 Å². The minimum Gasteiger partial charge on any atom is -0.444 e. The van der Waals surface area contributed by atoms with Crippen LogP contribution in [0.5, 0.6) is 0 Å². The molecule has 1 atom stereocenters. The number of ether oxygens (including phenoxy) is 1. The number of fused-ring (bicyclic) bond motifs is 1. The average molecular weight is 446 g/mol. The van der Waals surface area contributed by atoms with Crippen molar-refractivity contribution in [2.75, 3.05) is 18.0 Å². The van der Waals surface area contributed by atoms with Gasteiger partial charge in [0, 0.05) is 30.4 Å². The summed E-state index contributed by atoms with van der Waals surface area (Å²) in [7, 11) is 0. The third-order valence-corrected chi connectivity index (χ3v) is 5.47. The molecule has 0 saturated carbocycles. The number of nitrogens with zero attached hydrogens (tertiary/aromatic N) is 3. The van der Waals surface area contributed by atoms with Gasteiger partial charge in [0.1, 0.15) is 11.3 Å². The summed E-state index contributed by atoms with van der Waals surface area (Å²) in [4.78, 5) is 34.5. The maximum atomic E-state index is 12.6. The summed E-state index contributed by atoms with van der Waals surface area (Å²) < 4.78 is 5.39. The molecule has 8 nitrogen and oxygen atoms in total. The van der Waals surface area contributed by atoms with Gasteiger partial charge in [-0.3, -0.25) is 4.79 Å². The second-order valence-corrected chi connectivity index (χ2v) is 9.24. The summed E-state index contributed by atoms with van der Waals surface area (Å²) in [5.41, 5.74) is 2.98. The second-order valence-electron chi connectivity index (χ2n) is 9.24. The van der Waals surface area contributed by atoms with Crippen molar-refractivity contribution in [2.45, 2.75) is 45.3 Å². The highest BCUT2D eigenvalue weighted by Gasteiger charge is 2.24. The normalized spacial score (nSPS) is 16.3. The number of aromatic amines is 1. The summed E-state index contributed by atoms with van der Waals surface area (Å²) >= 11 is 0. The van der Waals surface area contributed by atoms with E-state index in [1.165, 1.54) is 0 Å². The van der Waals surface area contributed by atoms with Crippen LogP contribution in [0.15, 0.2) is 47.3 Å². The number of nitriles is 1. The number of H-pyrrole nitrogens is 1. The second kappa shape index (κ2) is 8.94. The lowest BCUT2D eigenvalue weighted by Crippen LogP contribution is -2.49. The zero-order chi connectivity index (χ0) is 23.6. The summed E-state index contributed by atoms with van der Waals surface area (Å²) in [6.45, 7) is 7.06. The van der Waals surface area contributed by atoms with Crippen LogP contribution in [0.4, 0.5) is 10.5 Å². The zero-order valence-electron chi connectivity index (χ0n) is 19.0. The van der Waals surface area contributed by atoms with Crippen LogP contribution in [0.2, 0.25) is 0 Å². The maximum Gasteiger partial charge on any atom is 0.407 e. The molecule has 170 valence electrons. The summed E-state index contributed by atoms with van der Waals surface area (Å²) in [6, 6.07) is 14.6. The molecule has 2 aromatic carbocycles. The Morgan fingerprint density at radius 3 is 2.70 bits per heavy atom. The van der Waals surface area contributed by atoms with Gasteiger partial charge in [0.25, 0.3) is 5.56 Å². The van der Waals surface area contributed by atoms with Crippen LogP contribution >= 0.6 is 0 Å². The Hall–Kier alpha value is -3.86. The fourth-order valence-electron chi connectivity index (χ4n) is 3.97. The maximum absolute atomic E-state index is 12.6. The van der Waals surface area contributed by atoms with Crippen LogP contribution in [0.1, 0.15) is 39.2 Å². The number of amides is 1. The predicted molar refractivity (Wildman–Crippen MR) is 127 cm³/mol. The first-order valence-electron chi connectivity index (χ1n) is 11.0. The first kappa shape index (κ1) is 22.3. The molecule has 0 radical (unpaired) electrons. The summed E-state index contributed by atoms with van der Waals surface area (Å²) in [5.74, 6) is 0. The number of alkyl carbamates (subject to hydrolysis) is 1. The van der Waals surface area contributed by atoms with Crippen LogP contribution in [-0.2, 0) is 4.74 Å². The lowest BCUT2D eigenvalue weighted by Gasteiger charge is -2.35. The molecule has 0 aliphatic carbocycles. The van der Waals surface area contributed by atoms with Crippen LogP contribution in [-0.4, -0.2) is 40.8 Å². The lowest BCUT2D eigenvalue weighted by molar-refractivity contribution is 0.0500. The quantitative estimate of drug-likeness (QED) is 0.631. The molecule has 1 aromatic heterocycles. The van der Waals surface area contributed by atoms with Crippen LogP contribution < -0.4 is 15.8 Å². The Bertz CT molecular complexity index is 1270. The van der Waals surface area contributed by atoms with Gasteiger partial charge in [0.2, 0.25) is 0 Å². The number of carbonyl (C=O) groups excluding carboxylic acids is 1. The molecular formula is C25H27N5O3. The van der Waals surface area contributed by atoms with Crippen molar-refractivity contribution >= 4 is 22.8 Å². The molecular weight excluding hydrogens is 418 g/mol. The van der Waals surface area contributed by atoms with E-state index in [9.17, 15) is 9.59 Å². The van der Waals surface area contributed by atoms with E-state index in [1.54, 1.807) is 24.3 Å². The standard InChI is InChI=1S/C25H27N5O3/c1-25(2,3)33-24(32)27-18-5-4-12-30(15-18)19-10-11-20-21(13-19)28-22(23(31)29-20)17-8-6-16(14-26)7-9-17/h6-11,13,18H,4-5,12,15H2,1-3H3,(H,27,32)(H,29,31)/t18-/m0/s1. The molecule has 0 spiro atoms.